The van der Waals surface area contributed by atoms with Gasteiger partial charge in [-0.1, -0.05) is 53.4 Å². The molecule has 2 nitrogen and oxygen atoms in total. The van der Waals surface area contributed by atoms with Crippen LogP contribution < -0.4 is 5.84 Å². The smallest absolute Gasteiger partial charge is 0.0306 e. The Labute approximate surface area is 131 Å². The van der Waals surface area contributed by atoms with Crippen LogP contribution in [0, 0.1) is 35.5 Å². The van der Waals surface area contributed by atoms with Crippen molar-refractivity contribution in [1.82, 2.24) is 5.01 Å². The number of hydrogen-bond acceptors (Lipinski definition) is 2. The molecule has 0 aromatic heterocycles. The second-order valence-corrected chi connectivity index (χ2v) is 8.41. The van der Waals surface area contributed by atoms with Crippen molar-refractivity contribution in [1.29, 1.82) is 0 Å². The molecule has 2 N–H and O–H groups in total. The number of rotatable bonds is 3. The highest BCUT2D eigenvalue weighted by Crippen LogP contribution is 2.56. The molecular formula is C19H36N2. The third-order valence-corrected chi connectivity index (χ3v) is 7.36. The zero-order chi connectivity index (χ0) is 15.1. The predicted octanol–water partition coefficient (Wildman–Crippen LogP) is 4.45. The van der Waals surface area contributed by atoms with Crippen LogP contribution in [0.5, 0.6) is 0 Å². The Morgan fingerprint density at radius 1 is 0.857 bits per heavy atom. The average molecular weight is 293 g/mol. The standard InChI is InChI=1S/C19H36N2/c1-5-7-15-11-9-13(4)18-17(15)16-12(3)8-10-14(6-2)19(16)21(18)20/h12-19H,5-11,20H2,1-4H3. The summed E-state index contributed by atoms with van der Waals surface area (Å²) in [6.07, 6.45) is 9.77. The van der Waals surface area contributed by atoms with Gasteiger partial charge < -0.3 is 0 Å². The molecule has 21 heavy (non-hydrogen) atoms. The summed E-state index contributed by atoms with van der Waals surface area (Å²) in [7, 11) is 0. The zero-order valence-electron chi connectivity index (χ0n) is 14.6. The molecule has 2 heteroatoms. The summed E-state index contributed by atoms with van der Waals surface area (Å²) in [5.41, 5.74) is 0. The minimum Gasteiger partial charge on any atom is -0.268 e. The van der Waals surface area contributed by atoms with E-state index >= 15 is 0 Å². The number of hydrazine groups is 1. The number of fused-ring (bicyclic) bond motifs is 3. The SMILES string of the molecule is CCCC1CCC(C)C2C1C1C(C)CCC(CC)C1N2N. The van der Waals surface area contributed by atoms with E-state index in [0.717, 1.165) is 35.5 Å². The van der Waals surface area contributed by atoms with E-state index in [1.54, 1.807) is 0 Å². The molecule has 8 unspecified atom stereocenters. The molecule has 8 atom stereocenters. The zero-order valence-corrected chi connectivity index (χ0v) is 14.6. The predicted molar refractivity (Wildman–Crippen MR) is 89.6 cm³/mol. The van der Waals surface area contributed by atoms with Gasteiger partial charge in [0.1, 0.15) is 0 Å². The highest BCUT2D eigenvalue weighted by molar-refractivity contribution is 5.08. The largest absolute Gasteiger partial charge is 0.268 e. The van der Waals surface area contributed by atoms with Crippen LogP contribution in [0.1, 0.15) is 72.6 Å². The van der Waals surface area contributed by atoms with Crippen LogP contribution in [-0.4, -0.2) is 17.1 Å². The third-order valence-electron chi connectivity index (χ3n) is 7.36. The first-order valence-corrected chi connectivity index (χ1v) is 9.63. The second kappa shape index (κ2) is 6.20. The van der Waals surface area contributed by atoms with Gasteiger partial charge in [0, 0.05) is 12.1 Å². The Morgan fingerprint density at radius 3 is 2.19 bits per heavy atom. The van der Waals surface area contributed by atoms with Crippen LogP contribution in [0.15, 0.2) is 0 Å². The van der Waals surface area contributed by atoms with Crippen molar-refractivity contribution < 1.29 is 0 Å². The number of nitrogens with zero attached hydrogens (tertiary/aromatic N) is 1. The summed E-state index contributed by atoms with van der Waals surface area (Å²) in [4.78, 5) is 0. The van der Waals surface area contributed by atoms with Crippen LogP contribution >= 0.6 is 0 Å². The van der Waals surface area contributed by atoms with Crippen LogP contribution in [-0.2, 0) is 0 Å². The first-order valence-electron chi connectivity index (χ1n) is 9.63. The highest BCUT2D eigenvalue weighted by atomic mass is 15.5. The van der Waals surface area contributed by atoms with Gasteiger partial charge in [-0.05, 0) is 54.8 Å². The Balaban J connectivity index is 1.93. The average Bonchev–Trinajstić information content (AvgIpc) is 2.79. The van der Waals surface area contributed by atoms with Crippen LogP contribution in [0.25, 0.3) is 0 Å². The van der Waals surface area contributed by atoms with Crippen LogP contribution in [0.3, 0.4) is 0 Å². The first kappa shape index (κ1) is 15.8. The van der Waals surface area contributed by atoms with Gasteiger partial charge in [-0.25, -0.2) is 5.01 Å². The Bertz CT molecular complexity index is 355. The minimum atomic E-state index is 0.667. The van der Waals surface area contributed by atoms with Gasteiger partial charge in [-0.3, -0.25) is 5.84 Å². The van der Waals surface area contributed by atoms with E-state index in [1.165, 1.54) is 44.9 Å². The lowest BCUT2D eigenvalue weighted by atomic mass is 9.60. The second-order valence-electron chi connectivity index (χ2n) is 8.41. The summed E-state index contributed by atoms with van der Waals surface area (Å²) in [6, 6.07) is 1.34. The normalized spacial score (nSPS) is 50.7. The van der Waals surface area contributed by atoms with Crippen molar-refractivity contribution in [2.75, 3.05) is 0 Å². The maximum absolute atomic E-state index is 6.75. The van der Waals surface area contributed by atoms with Gasteiger partial charge in [0.05, 0.1) is 0 Å². The van der Waals surface area contributed by atoms with E-state index in [9.17, 15) is 0 Å². The molecule has 0 bridgehead atoms. The lowest BCUT2D eigenvalue weighted by Gasteiger charge is -2.44. The fraction of sp³-hybridized carbons (Fsp3) is 1.00. The molecule has 122 valence electrons. The molecule has 2 aliphatic carbocycles. The van der Waals surface area contributed by atoms with Crippen molar-refractivity contribution >= 4 is 0 Å². The van der Waals surface area contributed by atoms with E-state index < -0.39 is 0 Å². The fourth-order valence-corrected chi connectivity index (χ4v) is 6.43. The Kier molecular flexibility index (Phi) is 4.66. The summed E-state index contributed by atoms with van der Waals surface area (Å²) < 4.78 is 0. The summed E-state index contributed by atoms with van der Waals surface area (Å²) >= 11 is 0. The Morgan fingerprint density at radius 2 is 1.52 bits per heavy atom. The molecular weight excluding hydrogens is 256 g/mol. The van der Waals surface area contributed by atoms with E-state index in [4.69, 9.17) is 5.84 Å². The van der Waals surface area contributed by atoms with Crippen LogP contribution in [0.2, 0.25) is 0 Å². The molecule has 1 heterocycles. The summed E-state index contributed by atoms with van der Waals surface area (Å²) in [5.74, 6) is 12.0. The van der Waals surface area contributed by atoms with Crippen molar-refractivity contribution in [3.63, 3.8) is 0 Å². The monoisotopic (exact) mass is 292 g/mol. The van der Waals surface area contributed by atoms with Crippen LogP contribution in [0.4, 0.5) is 0 Å². The van der Waals surface area contributed by atoms with Crippen molar-refractivity contribution in [3.8, 4) is 0 Å². The van der Waals surface area contributed by atoms with Gasteiger partial charge in [0.25, 0.3) is 0 Å². The van der Waals surface area contributed by atoms with E-state index in [1.807, 2.05) is 0 Å². The molecule has 0 aromatic rings. The minimum absolute atomic E-state index is 0.667. The van der Waals surface area contributed by atoms with Crippen molar-refractivity contribution in [2.24, 2.45) is 41.4 Å². The molecule has 2 saturated carbocycles. The maximum Gasteiger partial charge on any atom is 0.0306 e. The van der Waals surface area contributed by atoms with E-state index in [0.29, 0.717) is 12.1 Å². The Hall–Kier alpha value is -0.0800. The molecule has 1 saturated heterocycles. The van der Waals surface area contributed by atoms with Crippen molar-refractivity contribution in [3.05, 3.63) is 0 Å². The molecule has 3 fully saturated rings. The summed E-state index contributed by atoms with van der Waals surface area (Å²) in [6.45, 7) is 9.71. The molecule has 0 amide bonds. The molecule has 0 radical (unpaired) electrons. The number of hydrogen-bond donors (Lipinski definition) is 1. The van der Waals surface area contributed by atoms with Gasteiger partial charge in [-0.2, -0.15) is 0 Å². The topological polar surface area (TPSA) is 29.3 Å². The van der Waals surface area contributed by atoms with Gasteiger partial charge in [0.2, 0.25) is 0 Å². The lowest BCUT2D eigenvalue weighted by Crippen LogP contribution is -2.51. The van der Waals surface area contributed by atoms with E-state index in [-0.39, 0.29) is 0 Å². The van der Waals surface area contributed by atoms with E-state index in [2.05, 4.69) is 32.7 Å². The lowest BCUT2D eigenvalue weighted by molar-refractivity contribution is 0.0588. The molecule has 1 aliphatic heterocycles. The molecule has 0 aromatic carbocycles. The third kappa shape index (κ3) is 2.47. The van der Waals surface area contributed by atoms with Gasteiger partial charge in [-0.15, -0.1) is 0 Å². The quantitative estimate of drug-likeness (QED) is 0.779. The highest BCUT2D eigenvalue weighted by Gasteiger charge is 2.57. The molecule has 3 aliphatic rings. The summed E-state index contributed by atoms with van der Waals surface area (Å²) in [5, 5.41) is 2.38. The van der Waals surface area contributed by atoms with Crippen molar-refractivity contribution in [2.45, 2.75) is 84.7 Å². The van der Waals surface area contributed by atoms with Gasteiger partial charge >= 0.3 is 0 Å². The molecule has 0 spiro atoms. The molecule has 3 rings (SSSR count). The number of nitrogens with two attached hydrogens (primary N) is 1. The maximum atomic E-state index is 6.75. The first-order chi connectivity index (χ1) is 10.1. The van der Waals surface area contributed by atoms with Gasteiger partial charge in [0.15, 0.2) is 0 Å². The fourth-order valence-electron chi connectivity index (χ4n) is 6.43.